The Hall–Kier alpha value is -2.15. The summed E-state index contributed by atoms with van der Waals surface area (Å²) in [7, 11) is 0. The van der Waals surface area contributed by atoms with E-state index in [9.17, 15) is 4.79 Å². The fraction of sp³-hybridized carbons (Fsp3) is 0.333. The highest BCUT2D eigenvalue weighted by atomic mass is 32.2. The van der Waals surface area contributed by atoms with Crippen molar-refractivity contribution in [2.24, 2.45) is 0 Å². The van der Waals surface area contributed by atoms with Gasteiger partial charge in [-0.15, -0.1) is 18.3 Å². The Labute approximate surface area is 165 Å². The molecule has 0 bridgehead atoms. The summed E-state index contributed by atoms with van der Waals surface area (Å²) >= 11 is 1.68. The van der Waals surface area contributed by atoms with Crippen molar-refractivity contribution >= 4 is 23.4 Å². The van der Waals surface area contributed by atoms with Crippen LogP contribution in [0.15, 0.2) is 66.2 Å². The van der Waals surface area contributed by atoms with Crippen LogP contribution in [0.25, 0.3) is 0 Å². The lowest BCUT2D eigenvalue weighted by Gasteiger charge is -2.34. The number of thioether (sulfide) groups is 1. The van der Waals surface area contributed by atoms with Gasteiger partial charge < -0.3 is 5.32 Å². The second kappa shape index (κ2) is 10.3. The molecule has 0 unspecified atom stereocenters. The first-order chi connectivity index (χ1) is 13.2. The molecule has 0 aliphatic carbocycles. The van der Waals surface area contributed by atoms with Crippen molar-refractivity contribution in [2.45, 2.75) is 11.4 Å². The molecule has 1 aromatic heterocycles. The summed E-state index contributed by atoms with van der Waals surface area (Å²) < 4.78 is 0. The van der Waals surface area contributed by atoms with Gasteiger partial charge in [-0.05, 0) is 24.3 Å². The quantitative estimate of drug-likeness (QED) is 0.562. The minimum Gasteiger partial charge on any atom is -0.324 e. The number of hydrogen-bond donors (Lipinski definition) is 1. The third-order valence-electron chi connectivity index (χ3n) is 4.46. The van der Waals surface area contributed by atoms with Crippen molar-refractivity contribution in [1.82, 2.24) is 14.8 Å². The van der Waals surface area contributed by atoms with Crippen molar-refractivity contribution in [2.75, 3.05) is 43.8 Å². The van der Waals surface area contributed by atoms with Gasteiger partial charge >= 0.3 is 0 Å². The summed E-state index contributed by atoms with van der Waals surface area (Å²) in [5.74, 6) is 0.866. The molecule has 1 aliphatic heterocycles. The van der Waals surface area contributed by atoms with E-state index in [2.05, 4.69) is 32.7 Å². The Morgan fingerprint density at radius 2 is 1.85 bits per heavy atom. The number of carbonyl (C=O) groups excluding carboxylic acids is 1. The van der Waals surface area contributed by atoms with E-state index in [-0.39, 0.29) is 5.91 Å². The van der Waals surface area contributed by atoms with Gasteiger partial charge in [-0.25, -0.2) is 0 Å². The smallest absolute Gasteiger partial charge is 0.238 e. The first-order valence-corrected chi connectivity index (χ1v) is 10.2. The molecule has 0 atom stereocenters. The van der Waals surface area contributed by atoms with Gasteiger partial charge in [-0.3, -0.25) is 19.6 Å². The van der Waals surface area contributed by atoms with E-state index < -0.39 is 0 Å². The normalized spacial score (nSPS) is 15.4. The number of benzene rings is 1. The average molecular weight is 383 g/mol. The van der Waals surface area contributed by atoms with E-state index in [0.717, 1.165) is 54.8 Å². The van der Waals surface area contributed by atoms with Crippen LogP contribution in [0.4, 0.5) is 5.69 Å². The molecule has 27 heavy (non-hydrogen) atoms. The van der Waals surface area contributed by atoms with Crippen LogP contribution in [0.2, 0.25) is 0 Å². The topological polar surface area (TPSA) is 48.5 Å². The van der Waals surface area contributed by atoms with Crippen LogP contribution >= 0.6 is 11.8 Å². The Balaban J connectivity index is 1.45. The minimum absolute atomic E-state index is 0.0415. The first kappa shape index (κ1) is 19.6. The Bertz CT molecular complexity index is 745. The van der Waals surface area contributed by atoms with E-state index in [1.54, 1.807) is 11.8 Å². The van der Waals surface area contributed by atoms with E-state index in [1.165, 1.54) is 0 Å². The Morgan fingerprint density at radius 1 is 1.11 bits per heavy atom. The first-order valence-electron chi connectivity index (χ1n) is 9.22. The van der Waals surface area contributed by atoms with Crippen LogP contribution in [0, 0.1) is 0 Å². The second-order valence-corrected chi connectivity index (χ2v) is 7.58. The van der Waals surface area contributed by atoms with E-state index in [1.807, 2.05) is 48.7 Å². The number of nitrogens with zero attached hydrogens (tertiary/aromatic N) is 3. The van der Waals surface area contributed by atoms with Gasteiger partial charge in [0, 0.05) is 49.6 Å². The standard InChI is InChI=1S/C21H26N4OS/c1-2-15-27-20-9-4-3-8-19(20)23-21(26)17-25-13-11-24(12-14-25)16-18-7-5-6-10-22-18/h2-10H,1,11-17H2,(H,23,26). The summed E-state index contributed by atoms with van der Waals surface area (Å²) in [5.41, 5.74) is 1.97. The summed E-state index contributed by atoms with van der Waals surface area (Å²) in [4.78, 5) is 22.5. The van der Waals surface area contributed by atoms with Crippen molar-refractivity contribution < 1.29 is 4.79 Å². The van der Waals surface area contributed by atoms with Gasteiger partial charge in [0.25, 0.3) is 0 Å². The van der Waals surface area contributed by atoms with Crippen molar-refractivity contribution in [1.29, 1.82) is 0 Å². The van der Waals surface area contributed by atoms with Crippen molar-refractivity contribution in [3.05, 3.63) is 67.0 Å². The SMILES string of the molecule is C=CCSc1ccccc1NC(=O)CN1CCN(Cc2ccccn2)CC1. The molecule has 0 spiro atoms. The fourth-order valence-electron chi connectivity index (χ4n) is 3.06. The number of rotatable bonds is 8. The molecule has 0 saturated carbocycles. The molecule has 142 valence electrons. The number of nitrogens with one attached hydrogen (secondary N) is 1. The Kier molecular flexibility index (Phi) is 7.45. The largest absolute Gasteiger partial charge is 0.324 e. The number of amides is 1. The molecule has 0 radical (unpaired) electrons. The number of hydrogen-bond acceptors (Lipinski definition) is 5. The number of anilines is 1. The number of aromatic nitrogens is 1. The zero-order valence-electron chi connectivity index (χ0n) is 15.5. The zero-order chi connectivity index (χ0) is 18.9. The summed E-state index contributed by atoms with van der Waals surface area (Å²) in [6.07, 6.45) is 3.70. The molecule has 1 aliphatic rings. The minimum atomic E-state index is 0.0415. The maximum atomic E-state index is 12.5. The molecule has 1 aromatic carbocycles. The van der Waals surface area contributed by atoms with Gasteiger partial charge in [0.1, 0.15) is 0 Å². The lowest BCUT2D eigenvalue weighted by atomic mass is 10.2. The second-order valence-electron chi connectivity index (χ2n) is 6.52. The summed E-state index contributed by atoms with van der Waals surface area (Å²) in [5, 5.41) is 3.06. The van der Waals surface area contributed by atoms with Gasteiger partial charge in [0.15, 0.2) is 0 Å². The molecule has 1 amide bonds. The van der Waals surface area contributed by atoms with E-state index >= 15 is 0 Å². The van der Waals surface area contributed by atoms with Crippen LogP contribution in [0.3, 0.4) is 0 Å². The molecule has 3 rings (SSSR count). The predicted octanol–water partition coefficient (Wildman–Crippen LogP) is 3.12. The average Bonchev–Trinajstić information content (AvgIpc) is 2.69. The van der Waals surface area contributed by atoms with Crippen LogP contribution < -0.4 is 5.32 Å². The fourth-order valence-corrected chi connectivity index (χ4v) is 3.81. The van der Waals surface area contributed by atoms with Gasteiger partial charge in [-0.2, -0.15) is 0 Å². The highest BCUT2D eigenvalue weighted by Gasteiger charge is 2.19. The number of pyridine rings is 1. The summed E-state index contributed by atoms with van der Waals surface area (Å²) in [6, 6.07) is 13.9. The van der Waals surface area contributed by atoms with Crippen LogP contribution in [-0.2, 0) is 11.3 Å². The molecule has 1 fully saturated rings. The summed E-state index contributed by atoms with van der Waals surface area (Å²) in [6.45, 7) is 8.75. The molecule has 1 N–H and O–H groups in total. The van der Waals surface area contributed by atoms with Gasteiger partial charge in [0.05, 0.1) is 17.9 Å². The number of carbonyl (C=O) groups is 1. The number of piperazine rings is 1. The van der Waals surface area contributed by atoms with Gasteiger partial charge in [-0.1, -0.05) is 24.3 Å². The molecule has 2 aromatic rings. The number of para-hydroxylation sites is 1. The molecule has 1 saturated heterocycles. The van der Waals surface area contributed by atoms with E-state index in [4.69, 9.17) is 0 Å². The zero-order valence-corrected chi connectivity index (χ0v) is 16.3. The molecule has 5 nitrogen and oxygen atoms in total. The Morgan fingerprint density at radius 3 is 2.59 bits per heavy atom. The third kappa shape index (κ3) is 6.20. The maximum Gasteiger partial charge on any atom is 0.238 e. The maximum absolute atomic E-state index is 12.5. The molecular formula is C21H26N4OS. The molecule has 6 heteroatoms. The monoisotopic (exact) mass is 382 g/mol. The highest BCUT2D eigenvalue weighted by Crippen LogP contribution is 2.26. The third-order valence-corrected chi connectivity index (χ3v) is 5.53. The van der Waals surface area contributed by atoms with Crippen molar-refractivity contribution in [3.63, 3.8) is 0 Å². The van der Waals surface area contributed by atoms with Gasteiger partial charge in [0.2, 0.25) is 5.91 Å². The van der Waals surface area contributed by atoms with Crippen LogP contribution in [-0.4, -0.2) is 59.2 Å². The predicted molar refractivity (Wildman–Crippen MR) is 112 cm³/mol. The van der Waals surface area contributed by atoms with Crippen LogP contribution in [0.1, 0.15) is 5.69 Å². The lowest BCUT2D eigenvalue weighted by Crippen LogP contribution is -2.48. The highest BCUT2D eigenvalue weighted by molar-refractivity contribution is 7.99. The van der Waals surface area contributed by atoms with Crippen molar-refractivity contribution in [3.8, 4) is 0 Å². The van der Waals surface area contributed by atoms with E-state index in [0.29, 0.717) is 6.54 Å². The molecular weight excluding hydrogens is 356 g/mol. The molecule has 2 heterocycles. The van der Waals surface area contributed by atoms with Crippen LogP contribution in [0.5, 0.6) is 0 Å². The lowest BCUT2D eigenvalue weighted by molar-refractivity contribution is -0.117.